The lowest BCUT2D eigenvalue weighted by Crippen LogP contribution is -2.45. The zero-order chi connectivity index (χ0) is 15.6. The van der Waals surface area contributed by atoms with Gasteiger partial charge in [0.25, 0.3) is 5.91 Å². The van der Waals surface area contributed by atoms with Crippen molar-refractivity contribution in [2.75, 3.05) is 6.54 Å². The first-order chi connectivity index (χ1) is 10.6. The maximum Gasteiger partial charge on any atom is 0.254 e. The second-order valence-corrected chi connectivity index (χ2v) is 6.72. The molecule has 1 amide bonds. The van der Waals surface area contributed by atoms with Crippen molar-refractivity contribution in [3.8, 4) is 0 Å². The molecule has 4 heteroatoms. The molecule has 1 aliphatic carbocycles. The Morgan fingerprint density at radius 3 is 2.55 bits per heavy atom. The van der Waals surface area contributed by atoms with Crippen LogP contribution in [0.25, 0.3) is 0 Å². The summed E-state index contributed by atoms with van der Waals surface area (Å²) in [5, 5.41) is 2.91. The molecule has 0 heterocycles. The van der Waals surface area contributed by atoms with Crippen LogP contribution in [0.4, 0.5) is 4.39 Å². The third-order valence-electron chi connectivity index (χ3n) is 4.46. The van der Waals surface area contributed by atoms with Crippen molar-refractivity contribution in [2.24, 2.45) is 0 Å². The summed E-state index contributed by atoms with van der Waals surface area (Å²) in [6, 6.07) is 14.6. The molecule has 0 unspecified atom stereocenters. The highest BCUT2D eigenvalue weighted by atomic mass is 79.9. The number of hydrogen-bond donors (Lipinski definition) is 1. The molecule has 1 fully saturated rings. The highest BCUT2D eigenvalue weighted by Gasteiger charge is 2.38. The lowest BCUT2D eigenvalue weighted by Gasteiger charge is -2.42. The first-order valence-corrected chi connectivity index (χ1v) is 8.19. The summed E-state index contributed by atoms with van der Waals surface area (Å²) >= 11 is 3.27. The van der Waals surface area contributed by atoms with Gasteiger partial charge in [0.1, 0.15) is 5.82 Å². The second kappa shape index (κ2) is 6.21. The predicted octanol–water partition coefficient (Wildman–Crippen LogP) is 4.44. The SMILES string of the molecule is O=C(NCC1(c2ccccc2)CCC1)c1cc(Br)ccc1F. The third kappa shape index (κ3) is 2.93. The first-order valence-electron chi connectivity index (χ1n) is 7.40. The maximum atomic E-state index is 13.8. The molecule has 2 aromatic rings. The standard InChI is InChI=1S/C18H17BrFNO/c19-14-7-8-16(20)15(11-14)17(22)21-12-18(9-4-10-18)13-5-2-1-3-6-13/h1-3,5-8,11H,4,9-10,12H2,(H,21,22). The normalized spacial score (nSPS) is 15.9. The lowest BCUT2D eigenvalue weighted by molar-refractivity contribution is 0.0923. The molecule has 0 aliphatic heterocycles. The maximum absolute atomic E-state index is 13.8. The number of amides is 1. The van der Waals surface area contributed by atoms with Crippen LogP contribution in [-0.2, 0) is 5.41 Å². The van der Waals surface area contributed by atoms with E-state index in [9.17, 15) is 9.18 Å². The van der Waals surface area contributed by atoms with Gasteiger partial charge in [-0.25, -0.2) is 4.39 Å². The molecule has 0 saturated heterocycles. The fraction of sp³-hybridized carbons (Fsp3) is 0.278. The molecule has 0 bridgehead atoms. The minimum absolute atomic E-state index is 0.000587. The van der Waals surface area contributed by atoms with Crippen LogP contribution in [0.3, 0.4) is 0 Å². The predicted molar refractivity (Wildman–Crippen MR) is 88.4 cm³/mol. The number of carbonyl (C=O) groups excluding carboxylic acids is 1. The van der Waals surface area contributed by atoms with E-state index in [-0.39, 0.29) is 16.9 Å². The minimum Gasteiger partial charge on any atom is -0.351 e. The van der Waals surface area contributed by atoms with Gasteiger partial charge in [0.15, 0.2) is 0 Å². The molecule has 3 rings (SSSR count). The van der Waals surface area contributed by atoms with Gasteiger partial charge >= 0.3 is 0 Å². The van der Waals surface area contributed by atoms with Gasteiger partial charge in [0.2, 0.25) is 0 Å². The van der Waals surface area contributed by atoms with Crippen molar-refractivity contribution in [2.45, 2.75) is 24.7 Å². The molecular formula is C18H17BrFNO. The van der Waals surface area contributed by atoms with E-state index in [0.29, 0.717) is 11.0 Å². The third-order valence-corrected chi connectivity index (χ3v) is 4.95. The first kappa shape index (κ1) is 15.2. The average molecular weight is 362 g/mol. The zero-order valence-corrected chi connectivity index (χ0v) is 13.7. The molecule has 22 heavy (non-hydrogen) atoms. The van der Waals surface area contributed by atoms with E-state index in [0.717, 1.165) is 19.3 Å². The monoisotopic (exact) mass is 361 g/mol. The Hall–Kier alpha value is -1.68. The topological polar surface area (TPSA) is 29.1 Å². The Bertz CT molecular complexity index is 683. The summed E-state index contributed by atoms with van der Waals surface area (Å²) < 4.78 is 14.5. The summed E-state index contributed by atoms with van der Waals surface area (Å²) in [7, 11) is 0. The van der Waals surface area contributed by atoms with Crippen LogP contribution >= 0.6 is 15.9 Å². The van der Waals surface area contributed by atoms with E-state index >= 15 is 0 Å². The van der Waals surface area contributed by atoms with Gasteiger partial charge in [-0.1, -0.05) is 52.7 Å². The lowest BCUT2D eigenvalue weighted by atomic mass is 9.64. The highest BCUT2D eigenvalue weighted by Crippen LogP contribution is 2.43. The average Bonchev–Trinajstić information content (AvgIpc) is 2.49. The molecule has 1 N–H and O–H groups in total. The van der Waals surface area contributed by atoms with E-state index in [1.54, 1.807) is 6.07 Å². The van der Waals surface area contributed by atoms with Gasteiger partial charge in [-0.3, -0.25) is 4.79 Å². The molecular weight excluding hydrogens is 345 g/mol. The summed E-state index contributed by atoms with van der Waals surface area (Å²) in [5.74, 6) is -0.857. The molecule has 114 valence electrons. The molecule has 2 nitrogen and oxygen atoms in total. The van der Waals surface area contributed by atoms with E-state index in [4.69, 9.17) is 0 Å². The largest absolute Gasteiger partial charge is 0.351 e. The number of carbonyl (C=O) groups is 1. The Morgan fingerprint density at radius 2 is 1.91 bits per heavy atom. The second-order valence-electron chi connectivity index (χ2n) is 5.81. The number of rotatable bonds is 4. The summed E-state index contributed by atoms with van der Waals surface area (Å²) in [6.45, 7) is 0.543. The Kier molecular flexibility index (Phi) is 4.30. The molecule has 2 aromatic carbocycles. The molecule has 1 saturated carbocycles. The van der Waals surface area contributed by atoms with Crippen molar-refractivity contribution in [3.63, 3.8) is 0 Å². The van der Waals surface area contributed by atoms with E-state index in [1.165, 1.54) is 17.7 Å². The van der Waals surface area contributed by atoms with Gasteiger partial charge in [0.05, 0.1) is 5.56 Å². The quantitative estimate of drug-likeness (QED) is 0.856. The molecule has 0 aromatic heterocycles. The minimum atomic E-state index is -0.497. The van der Waals surface area contributed by atoms with Crippen molar-refractivity contribution in [3.05, 3.63) is 69.9 Å². The van der Waals surface area contributed by atoms with Gasteiger partial charge in [-0.05, 0) is 36.6 Å². The van der Waals surface area contributed by atoms with E-state index in [1.807, 2.05) is 18.2 Å². The smallest absolute Gasteiger partial charge is 0.254 e. The van der Waals surface area contributed by atoms with Gasteiger partial charge in [0, 0.05) is 16.4 Å². The molecule has 0 spiro atoms. The van der Waals surface area contributed by atoms with Crippen LogP contribution in [0.15, 0.2) is 53.0 Å². The van der Waals surface area contributed by atoms with Crippen molar-refractivity contribution >= 4 is 21.8 Å². The number of hydrogen-bond acceptors (Lipinski definition) is 1. The number of halogens is 2. The molecule has 0 atom stereocenters. The van der Waals surface area contributed by atoms with Crippen molar-refractivity contribution in [1.82, 2.24) is 5.32 Å². The van der Waals surface area contributed by atoms with E-state index in [2.05, 4.69) is 33.4 Å². The Balaban J connectivity index is 1.74. The van der Waals surface area contributed by atoms with E-state index < -0.39 is 5.82 Å². The van der Waals surface area contributed by atoms with Crippen LogP contribution in [0.2, 0.25) is 0 Å². The van der Waals surface area contributed by atoms with Crippen molar-refractivity contribution < 1.29 is 9.18 Å². The van der Waals surface area contributed by atoms with Crippen LogP contribution < -0.4 is 5.32 Å². The Labute approximate surface area is 137 Å². The highest BCUT2D eigenvalue weighted by molar-refractivity contribution is 9.10. The summed E-state index contributed by atoms with van der Waals surface area (Å²) in [5.41, 5.74) is 1.33. The Morgan fingerprint density at radius 1 is 1.18 bits per heavy atom. The van der Waals surface area contributed by atoms with Crippen LogP contribution in [0.1, 0.15) is 35.2 Å². The van der Waals surface area contributed by atoms with Gasteiger partial charge in [-0.15, -0.1) is 0 Å². The number of nitrogens with one attached hydrogen (secondary N) is 1. The molecule has 1 aliphatic rings. The fourth-order valence-electron chi connectivity index (χ4n) is 2.98. The van der Waals surface area contributed by atoms with Crippen LogP contribution in [0, 0.1) is 5.82 Å². The van der Waals surface area contributed by atoms with Gasteiger partial charge in [-0.2, -0.15) is 0 Å². The number of benzene rings is 2. The fourth-order valence-corrected chi connectivity index (χ4v) is 3.34. The van der Waals surface area contributed by atoms with Crippen molar-refractivity contribution in [1.29, 1.82) is 0 Å². The van der Waals surface area contributed by atoms with Crippen LogP contribution in [0.5, 0.6) is 0 Å². The summed E-state index contributed by atoms with van der Waals surface area (Å²) in [6.07, 6.45) is 3.27. The summed E-state index contributed by atoms with van der Waals surface area (Å²) in [4.78, 5) is 12.3. The van der Waals surface area contributed by atoms with Gasteiger partial charge < -0.3 is 5.32 Å². The van der Waals surface area contributed by atoms with Crippen LogP contribution in [-0.4, -0.2) is 12.5 Å². The zero-order valence-electron chi connectivity index (χ0n) is 12.1. The molecule has 0 radical (unpaired) electrons.